The number of benzene rings is 2. The molecule has 2 heterocycles. The minimum absolute atomic E-state index is 0.0850. The van der Waals surface area contributed by atoms with Crippen molar-refractivity contribution in [3.63, 3.8) is 0 Å². The lowest BCUT2D eigenvalue weighted by molar-refractivity contribution is 0.147. The molecule has 0 atom stereocenters. The van der Waals surface area contributed by atoms with Crippen molar-refractivity contribution in [3.8, 4) is 5.75 Å². The van der Waals surface area contributed by atoms with Gasteiger partial charge in [-0.1, -0.05) is 30.3 Å². The maximum absolute atomic E-state index is 12.9. The average molecular weight is 377 g/mol. The summed E-state index contributed by atoms with van der Waals surface area (Å²) in [5, 5.41) is 0.712. The van der Waals surface area contributed by atoms with Crippen LogP contribution < -0.4 is 10.3 Å². The van der Waals surface area contributed by atoms with Gasteiger partial charge in [0.1, 0.15) is 18.2 Å². The predicted octanol–water partition coefficient (Wildman–Crippen LogP) is 3.50. The first kappa shape index (κ1) is 18.7. The van der Waals surface area contributed by atoms with Gasteiger partial charge in [-0.25, -0.2) is 4.98 Å². The number of likely N-dealkylation sites (tertiary alicyclic amines) is 1. The van der Waals surface area contributed by atoms with E-state index >= 15 is 0 Å². The van der Waals surface area contributed by atoms with E-state index < -0.39 is 0 Å². The SMILES string of the molecule is Cc1nc2ccccc2c(=O)n1CC1CCN(CCOc2ccccc2)CC1. The molecule has 4 rings (SSSR count). The number of fused-ring (bicyclic) bond motifs is 1. The molecule has 1 fully saturated rings. The second-order valence-corrected chi connectivity index (χ2v) is 7.54. The molecule has 0 aliphatic carbocycles. The van der Waals surface area contributed by atoms with Gasteiger partial charge in [-0.05, 0) is 63.0 Å². The van der Waals surface area contributed by atoms with Gasteiger partial charge in [-0.2, -0.15) is 0 Å². The molecule has 5 nitrogen and oxygen atoms in total. The molecule has 0 unspecified atom stereocenters. The van der Waals surface area contributed by atoms with Crippen LogP contribution in [0.2, 0.25) is 0 Å². The van der Waals surface area contributed by atoms with Crippen molar-refractivity contribution in [2.24, 2.45) is 5.92 Å². The Morgan fingerprint density at radius 1 is 1.04 bits per heavy atom. The Balaban J connectivity index is 1.31. The molecule has 2 aromatic carbocycles. The molecule has 0 amide bonds. The van der Waals surface area contributed by atoms with Gasteiger partial charge in [-0.15, -0.1) is 0 Å². The van der Waals surface area contributed by atoms with Gasteiger partial charge in [0.2, 0.25) is 0 Å². The van der Waals surface area contributed by atoms with E-state index in [1.54, 1.807) is 0 Å². The van der Waals surface area contributed by atoms with E-state index in [-0.39, 0.29) is 5.56 Å². The standard InChI is InChI=1S/C23H27N3O2/c1-18-24-22-10-6-5-9-21(22)23(27)26(18)17-19-11-13-25(14-12-19)15-16-28-20-7-3-2-4-8-20/h2-10,19H,11-17H2,1H3. The lowest BCUT2D eigenvalue weighted by Gasteiger charge is -2.32. The highest BCUT2D eigenvalue weighted by molar-refractivity contribution is 5.77. The zero-order chi connectivity index (χ0) is 19.3. The first-order chi connectivity index (χ1) is 13.7. The Kier molecular flexibility index (Phi) is 5.72. The molecule has 1 aromatic heterocycles. The molecule has 0 bridgehead atoms. The summed E-state index contributed by atoms with van der Waals surface area (Å²) in [6, 6.07) is 17.6. The number of ether oxygens (including phenoxy) is 1. The zero-order valence-electron chi connectivity index (χ0n) is 16.4. The molecule has 0 N–H and O–H groups in total. The van der Waals surface area contributed by atoms with E-state index in [0.717, 1.165) is 56.1 Å². The van der Waals surface area contributed by atoms with Gasteiger partial charge in [0.05, 0.1) is 10.9 Å². The fourth-order valence-electron chi connectivity index (χ4n) is 3.95. The Morgan fingerprint density at radius 2 is 1.75 bits per heavy atom. The maximum atomic E-state index is 12.9. The molecule has 0 radical (unpaired) electrons. The molecule has 0 saturated carbocycles. The first-order valence-corrected chi connectivity index (χ1v) is 10.1. The number of nitrogens with zero attached hydrogens (tertiary/aromatic N) is 3. The quantitative estimate of drug-likeness (QED) is 0.660. The lowest BCUT2D eigenvalue weighted by atomic mass is 9.96. The van der Waals surface area contributed by atoms with Crippen molar-refractivity contribution in [3.05, 3.63) is 70.8 Å². The topological polar surface area (TPSA) is 47.4 Å². The summed E-state index contributed by atoms with van der Waals surface area (Å²) in [6.45, 7) is 6.45. The summed E-state index contributed by atoms with van der Waals surface area (Å²) in [4.78, 5) is 19.9. The lowest BCUT2D eigenvalue weighted by Crippen LogP contribution is -2.38. The first-order valence-electron chi connectivity index (χ1n) is 10.1. The Hall–Kier alpha value is -2.66. The predicted molar refractivity (Wildman–Crippen MR) is 112 cm³/mol. The third-order valence-electron chi connectivity index (χ3n) is 5.62. The zero-order valence-corrected chi connectivity index (χ0v) is 16.4. The summed E-state index contributed by atoms with van der Waals surface area (Å²) in [7, 11) is 0. The van der Waals surface area contributed by atoms with Crippen LogP contribution in [0.5, 0.6) is 5.75 Å². The average Bonchev–Trinajstić information content (AvgIpc) is 2.73. The fourth-order valence-corrected chi connectivity index (χ4v) is 3.95. The van der Waals surface area contributed by atoms with Crippen molar-refractivity contribution in [1.29, 1.82) is 0 Å². The van der Waals surface area contributed by atoms with Crippen molar-refractivity contribution in [2.45, 2.75) is 26.3 Å². The van der Waals surface area contributed by atoms with Crippen LogP contribution in [0.4, 0.5) is 0 Å². The highest BCUT2D eigenvalue weighted by Gasteiger charge is 2.21. The van der Waals surface area contributed by atoms with Gasteiger partial charge in [0.25, 0.3) is 5.56 Å². The Morgan fingerprint density at radius 3 is 2.54 bits per heavy atom. The fraction of sp³-hybridized carbons (Fsp3) is 0.391. The number of para-hydroxylation sites is 2. The normalized spacial score (nSPS) is 15.8. The molecule has 5 heteroatoms. The van der Waals surface area contributed by atoms with Gasteiger partial charge < -0.3 is 4.74 Å². The van der Waals surface area contributed by atoms with Crippen LogP contribution in [-0.2, 0) is 6.54 Å². The van der Waals surface area contributed by atoms with E-state index in [2.05, 4.69) is 9.88 Å². The molecule has 1 aliphatic heterocycles. The number of piperidine rings is 1. The van der Waals surface area contributed by atoms with Crippen LogP contribution >= 0.6 is 0 Å². The molecular weight excluding hydrogens is 350 g/mol. The largest absolute Gasteiger partial charge is 0.492 e. The van der Waals surface area contributed by atoms with Crippen LogP contribution in [0.3, 0.4) is 0 Å². The van der Waals surface area contributed by atoms with Crippen molar-refractivity contribution >= 4 is 10.9 Å². The summed E-state index contributed by atoms with van der Waals surface area (Å²) in [5.74, 6) is 2.25. The van der Waals surface area contributed by atoms with Crippen LogP contribution in [-0.4, -0.2) is 40.7 Å². The van der Waals surface area contributed by atoms with Gasteiger partial charge in [0.15, 0.2) is 0 Å². The van der Waals surface area contributed by atoms with E-state index in [0.29, 0.717) is 17.9 Å². The summed E-state index contributed by atoms with van der Waals surface area (Å²) < 4.78 is 7.67. The van der Waals surface area contributed by atoms with Gasteiger partial charge in [0, 0.05) is 13.1 Å². The second kappa shape index (κ2) is 8.57. The monoisotopic (exact) mass is 377 g/mol. The maximum Gasteiger partial charge on any atom is 0.261 e. The molecule has 0 spiro atoms. The third-order valence-corrected chi connectivity index (χ3v) is 5.62. The minimum Gasteiger partial charge on any atom is -0.492 e. The van der Waals surface area contributed by atoms with Crippen molar-refractivity contribution in [2.75, 3.05) is 26.2 Å². The van der Waals surface area contributed by atoms with Crippen molar-refractivity contribution < 1.29 is 4.74 Å². The number of aromatic nitrogens is 2. The molecular formula is C23H27N3O2. The molecule has 1 saturated heterocycles. The summed E-state index contributed by atoms with van der Waals surface area (Å²) >= 11 is 0. The van der Waals surface area contributed by atoms with Crippen LogP contribution in [0.1, 0.15) is 18.7 Å². The number of aryl methyl sites for hydroxylation is 1. The second-order valence-electron chi connectivity index (χ2n) is 7.54. The minimum atomic E-state index is 0.0850. The third kappa shape index (κ3) is 4.25. The van der Waals surface area contributed by atoms with E-state index in [1.807, 2.05) is 66.1 Å². The van der Waals surface area contributed by atoms with Crippen LogP contribution in [0.15, 0.2) is 59.4 Å². The van der Waals surface area contributed by atoms with Gasteiger partial charge >= 0.3 is 0 Å². The summed E-state index contributed by atoms with van der Waals surface area (Å²) in [6.07, 6.45) is 2.20. The smallest absolute Gasteiger partial charge is 0.261 e. The van der Waals surface area contributed by atoms with E-state index in [4.69, 9.17) is 4.74 Å². The van der Waals surface area contributed by atoms with Crippen LogP contribution in [0.25, 0.3) is 10.9 Å². The number of hydrogen-bond donors (Lipinski definition) is 0. The van der Waals surface area contributed by atoms with E-state index in [9.17, 15) is 4.79 Å². The Bertz CT molecular complexity index is 976. The molecule has 3 aromatic rings. The highest BCUT2D eigenvalue weighted by atomic mass is 16.5. The number of rotatable bonds is 6. The highest BCUT2D eigenvalue weighted by Crippen LogP contribution is 2.20. The van der Waals surface area contributed by atoms with Crippen molar-refractivity contribution in [1.82, 2.24) is 14.5 Å². The van der Waals surface area contributed by atoms with Gasteiger partial charge in [-0.3, -0.25) is 14.3 Å². The Labute approximate surface area is 165 Å². The van der Waals surface area contributed by atoms with E-state index in [1.165, 1.54) is 0 Å². The summed E-state index contributed by atoms with van der Waals surface area (Å²) in [5.41, 5.74) is 0.872. The van der Waals surface area contributed by atoms with Crippen LogP contribution in [0, 0.1) is 12.8 Å². The molecule has 146 valence electrons. The molecule has 28 heavy (non-hydrogen) atoms. The molecule has 1 aliphatic rings. The number of hydrogen-bond acceptors (Lipinski definition) is 4.